The molecule has 7 nitrogen and oxygen atoms in total. The first-order chi connectivity index (χ1) is 9.65. The van der Waals surface area contributed by atoms with E-state index in [1.165, 1.54) is 0 Å². The Morgan fingerprint density at radius 3 is 2.67 bits per heavy atom. The van der Waals surface area contributed by atoms with Crippen LogP contribution in [-0.4, -0.2) is 34.5 Å². The monoisotopic (exact) mass is 311 g/mol. The largest absolute Gasteiger partial charge is 0.346 e. The molecule has 8 heteroatoms. The number of amides is 2. The van der Waals surface area contributed by atoms with Crippen LogP contribution in [0.3, 0.4) is 0 Å². The molecule has 0 radical (unpaired) electrons. The summed E-state index contributed by atoms with van der Waals surface area (Å²) in [5.74, 6) is -0.235. The molecule has 0 saturated carbocycles. The van der Waals surface area contributed by atoms with Crippen LogP contribution in [0.15, 0.2) is 24.3 Å². The molecule has 0 fully saturated rings. The Labute approximate surface area is 128 Å². The number of fused-ring (bicyclic) bond motifs is 1. The van der Waals surface area contributed by atoms with Crippen LogP contribution >= 0.6 is 12.4 Å². The number of nitrogens with one attached hydrogen (secondary N) is 2. The lowest BCUT2D eigenvalue weighted by Crippen LogP contribution is -2.36. The molecule has 2 rings (SSSR count). The van der Waals surface area contributed by atoms with Gasteiger partial charge in [0.05, 0.1) is 24.1 Å². The molecule has 0 aliphatic heterocycles. The Hall–Kier alpha value is -2.12. The van der Waals surface area contributed by atoms with Crippen molar-refractivity contribution in [3.05, 3.63) is 24.3 Å². The molecule has 0 saturated heterocycles. The Morgan fingerprint density at radius 2 is 2.00 bits per heavy atom. The van der Waals surface area contributed by atoms with E-state index in [0.29, 0.717) is 12.5 Å². The minimum Gasteiger partial charge on any atom is -0.346 e. The van der Waals surface area contributed by atoms with E-state index in [9.17, 15) is 9.59 Å². The molecule has 21 heavy (non-hydrogen) atoms. The van der Waals surface area contributed by atoms with E-state index in [4.69, 9.17) is 5.73 Å². The quantitative estimate of drug-likeness (QED) is 0.748. The number of para-hydroxylation sites is 2. The van der Waals surface area contributed by atoms with Crippen LogP contribution in [-0.2, 0) is 16.1 Å². The SMILES string of the molecule is CCn1c(NC(=O)CNC(=O)CN)nc2ccccc21.Cl. The molecule has 4 N–H and O–H groups in total. The summed E-state index contributed by atoms with van der Waals surface area (Å²) in [6.45, 7) is 2.40. The number of benzene rings is 1. The number of aromatic nitrogens is 2. The summed E-state index contributed by atoms with van der Waals surface area (Å²) in [4.78, 5) is 27.1. The molecule has 0 aliphatic rings. The van der Waals surface area contributed by atoms with Gasteiger partial charge in [-0.3, -0.25) is 14.9 Å². The molecule has 1 aromatic carbocycles. The van der Waals surface area contributed by atoms with E-state index in [-0.39, 0.29) is 37.3 Å². The summed E-state index contributed by atoms with van der Waals surface area (Å²) in [5, 5.41) is 5.10. The van der Waals surface area contributed by atoms with Crippen LogP contribution in [0, 0.1) is 0 Å². The summed E-state index contributed by atoms with van der Waals surface area (Å²) < 4.78 is 1.90. The van der Waals surface area contributed by atoms with Gasteiger partial charge in [0.1, 0.15) is 0 Å². The molecule has 0 unspecified atom stereocenters. The first-order valence-corrected chi connectivity index (χ1v) is 6.37. The zero-order valence-electron chi connectivity index (χ0n) is 11.6. The second-order valence-electron chi connectivity index (χ2n) is 4.20. The number of hydrogen-bond acceptors (Lipinski definition) is 4. The number of carbonyl (C=O) groups excluding carboxylic acids is 2. The fourth-order valence-corrected chi connectivity index (χ4v) is 1.91. The van der Waals surface area contributed by atoms with Crippen LogP contribution in [0.2, 0.25) is 0 Å². The predicted molar refractivity (Wildman–Crippen MR) is 83.3 cm³/mol. The smallest absolute Gasteiger partial charge is 0.246 e. The van der Waals surface area contributed by atoms with E-state index in [2.05, 4.69) is 15.6 Å². The summed E-state index contributed by atoms with van der Waals surface area (Å²) in [6, 6.07) is 7.64. The van der Waals surface area contributed by atoms with Gasteiger partial charge in [-0.25, -0.2) is 4.98 Å². The van der Waals surface area contributed by atoms with Crippen molar-refractivity contribution in [2.75, 3.05) is 18.4 Å². The van der Waals surface area contributed by atoms with Crippen molar-refractivity contribution in [2.24, 2.45) is 5.73 Å². The molecule has 0 atom stereocenters. The highest BCUT2D eigenvalue weighted by molar-refractivity contribution is 5.95. The lowest BCUT2D eigenvalue weighted by atomic mass is 10.3. The van der Waals surface area contributed by atoms with Crippen LogP contribution in [0.25, 0.3) is 11.0 Å². The standard InChI is InChI=1S/C13H17N5O2.ClH/c1-2-18-10-6-4-3-5-9(10)16-13(18)17-12(20)8-15-11(19)7-14;/h3-6H,2,7-8,14H2,1H3,(H,15,19)(H,16,17,20);1H. The molecule has 1 heterocycles. The van der Waals surface area contributed by atoms with Crippen molar-refractivity contribution in [1.29, 1.82) is 0 Å². The van der Waals surface area contributed by atoms with Crippen LogP contribution < -0.4 is 16.4 Å². The average Bonchev–Trinajstić information content (AvgIpc) is 2.81. The highest BCUT2D eigenvalue weighted by Crippen LogP contribution is 2.18. The van der Waals surface area contributed by atoms with Gasteiger partial charge in [-0.05, 0) is 19.1 Å². The molecular weight excluding hydrogens is 294 g/mol. The Morgan fingerprint density at radius 1 is 1.29 bits per heavy atom. The third kappa shape index (κ3) is 3.93. The van der Waals surface area contributed by atoms with Gasteiger partial charge in [-0.15, -0.1) is 12.4 Å². The number of halogens is 1. The van der Waals surface area contributed by atoms with Crippen molar-refractivity contribution in [1.82, 2.24) is 14.9 Å². The molecule has 0 aliphatic carbocycles. The Bertz CT molecular complexity index is 641. The van der Waals surface area contributed by atoms with Crippen LogP contribution in [0.5, 0.6) is 0 Å². The van der Waals surface area contributed by atoms with E-state index in [1.54, 1.807) is 0 Å². The zero-order chi connectivity index (χ0) is 14.5. The fourth-order valence-electron chi connectivity index (χ4n) is 1.91. The first-order valence-electron chi connectivity index (χ1n) is 6.37. The summed E-state index contributed by atoms with van der Waals surface area (Å²) in [6.07, 6.45) is 0. The minimum absolute atomic E-state index is 0. The maximum absolute atomic E-state index is 11.8. The summed E-state index contributed by atoms with van der Waals surface area (Å²) in [7, 11) is 0. The van der Waals surface area contributed by atoms with E-state index < -0.39 is 0 Å². The van der Waals surface area contributed by atoms with Gasteiger partial charge in [0.25, 0.3) is 0 Å². The van der Waals surface area contributed by atoms with Crippen molar-refractivity contribution in [3.8, 4) is 0 Å². The molecule has 2 amide bonds. The first kappa shape index (κ1) is 16.9. The van der Waals surface area contributed by atoms with Crippen molar-refractivity contribution in [2.45, 2.75) is 13.5 Å². The number of anilines is 1. The molecular formula is C13H18ClN5O2. The molecule has 0 spiro atoms. The fraction of sp³-hybridized carbons (Fsp3) is 0.308. The number of aryl methyl sites for hydroxylation is 1. The number of nitrogens with two attached hydrogens (primary N) is 1. The normalized spacial score (nSPS) is 10.0. The molecule has 114 valence electrons. The van der Waals surface area contributed by atoms with E-state index in [0.717, 1.165) is 11.0 Å². The lowest BCUT2D eigenvalue weighted by molar-refractivity contribution is -0.123. The predicted octanol–water partition coefficient (Wildman–Crippen LogP) is 0.491. The Kier molecular flexibility index (Phi) is 6.13. The van der Waals surface area contributed by atoms with Crippen molar-refractivity contribution < 1.29 is 9.59 Å². The van der Waals surface area contributed by atoms with Gasteiger partial charge in [-0.1, -0.05) is 12.1 Å². The van der Waals surface area contributed by atoms with Gasteiger partial charge >= 0.3 is 0 Å². The zero-order valence-corrected chi connectivity index (χ0v) is 12.4. The topological polar surface area (TPSA) is 102 Å². The van der Waals surface area contributed by atoms with Gasteiger partial charge < -0.3 is 15.6 Å². The maximum Gasteiger partial charge on any atom is 0.246 e. The van der Waals surface area contributed by atoms with E-state index in [1.807, 2.05) is 35.8 Å². The minimum atomic E-state index is -0.371. The van der Waals surface area contributed by atoms with E-state index >= 15 is 0 Å². The van der Waals surface area contributed by atoms with Gasteiger partial charge in [-0.2, -0.15) is 0 Å². The number of carbonyl (C=O) groups is 2. The number of hydrogen-bond donors (Lipinski definition) is 3. The molecule has 2 aromatic rings. The van der Waals surface area contributed by atoms with Crippen LogP contribution in [0.4, 0.5) is 5.95 Å². The lowest BCUT2D eigenvalue weighted by Gasteiger charge is -2.08. The summed E-state index contributed by atoms with van der Waals surface area (Å²) in [5.41, 5.74) is 6.92. The van der Waals surface area contributed by atoms with Gasteiger partial charge in [0.2, 0.25) is 17.8 Å². The third-order valence-corrected chi connectivity index (χ3v) is 2.85. The Balaban J connectivity index is 0.00000220. The second-order valence-corrected chi connectivity index (χ2v) is 4.20. The van der Waals surface area contributed by atoms with Gasteiger partial charge in [0, 0.05) is 6.54 Å². The molecule has 1 aromatic heterocycles. The van der Waals surface area contributed by atoms with Crippen LogP contribution in [0.1, 0.15) is 6.92 Å². The number of rotatable bonds is 5. The highest BCUT2D eigenvalue weighted by atomic mass is 35.5. The number of nitrogens with zero attached hydrogens (tertiary/aromatic N) is 2. The average molecular weight is 312 g/mol. The van der Waals surface area contributed by atoms with Crippen molar-refractivity contribution in [3.63, 3.8) is 0 Å². The number of imidazole rings is 1. The summed E-state index contributed by atoms with van der Waals surface area (Å²) >= 11 is 0. The van der Waals surface area contributed by atoms with Crippen molar-refractivity contribution >= 4 is 41.2 Å². The third-order valence-electron chi connectivity index (χ3n) is 2.85. The molecule has 0 bridgehead atoms. The van der Waals surface area contributed by atoms with Gasteiger partial charge in [0.15, 0.2) is 0 Å². The second kappa shape index (κ2) is 7.61. The highest BCUT2D eigenvalue weighted by Gasteiger charge is 2.12. The maximum atomic E-state index is 11.8.